The van der Waals surface area contributed by atoms with Gasteiger partial charge in [-0.2, -0.15) is 0 Å². The number of fused-ring (bicyclic) bond motifs is 1. The molecule has 2 aromatic carbocycles. The molecular formula is C15H12BrNO3. The van der Waals surface area contributed by atoms with Gasteiger partial charge in [0.05, 0.1) is 0 Å². The van der Waals surface area contributed by atoms with Gasteiger partial charge in [0.15, 0.2) is 17.6 Å². The normalized spacial score (nSPS) is 16.8. The first kappa shape index (κ1) is 13.0. The first-order valence-corrected chi connectivity index (χ1v) is 6.92. The van der Waals surface area contributed by atoms with Crippen molar-refractivity contribution in [3.8, 4) is 11.5 Å². The summed E-state index contributed by atoms with van der Waals surface area (Å²) >= 11 is 3.31. The van der Waals surface area contributed by atoms with Gasteiger partial charge in [-0.3, -0.25) is 4.79 Å². The number of ether oxygens (including phenoxy) is 2. The van der Waals surface area contributed by atoms with E-state index in [1.807, 2.05) is 18.2 Å². The number of ketones is 1. The van der Waals surface area contributed by atoms with Crippen LogP contribution in [0.2, 0.25) is 0 Å². The van der Waals surface area contributed by atoms with Crippen molar-refractivity contribution in [2.75, 3.05) is 12.3 Å². The van der Waals surface area contributed by atoms with Crippen LogP contribution in [0.25, 0.3) is 0 Å². The standard InChI is InChI=1S/C15H12BrNO3/c16-10-7-9(5-6-11(10)17)15(18)14-8-19-12-3-1-2-4-13(12)20-14/h1-7,14H,8,17H2. The van der Waals surface area contributed by atoms with Crippen LogP contribution in [-0.2, 0) is 0 Å². The fourth-order valence-electron chi connectivity index (χ4n) is 2.02. The number of para-hydroxylation sites is 2. The van der Waals surface area contributed by atoms with Crippen LogP contribution in [0.5, 0.6) is 11.5 Å². The van der Waals surface area contributed by atoms with E-state index in [1.54, 1.807) is 24.3 Å². The molecule has 102 valence electrons. The Morgan fingerprint density at radius 3 is 2.70 bits per heavy atom. The Labute approximate surface area is 124 Å². The van der Waals surface area contributed by atoms with Crippen molar-refractivity contribution in [1.82, 2.24) is 0 Å². The van der Waals surface area contributed by atoms with Gasteiger partial charge < -0.3 is 15.2 Å². The fourth-order valence-corrected chi connectivity index (χ4v) is 2.39. The minimum absolute atomic E-state index is 0.125. The molecule has 0 amide bonds. The van der Waals surface area contributed by atoms with Gasteiger partial charge in [0.25, 0.3) is 0 Å². The Morgan fingerprint density at radius 1 is 1.20 bits per heavy atom. The van der Waals surface area contributed by atoms with Gasteiger partial charge >= 0.3 is 0 Å². The number of nitrogen functional groups attached to an aromatic ring is 1. The van der Waals surface area contributed by atoms with Crippen LogP contribution < -0.4 is 15.2 Å². The van der Waals surface area contributed by atoms with E-state index in [0.717, 1.165) is 0 Å². The van der Waals surface area contributed by atoms with Gasteiger partial charge in [-0.05, 0) is 46.3 Å². The van der Waals surface area contributed by atoms with Crippen molar-refractivity contribution in [2.24, 2.45) is 0 Å². The molecule has 2 aromatic rings. The highest BCUT2D eigenvalue weighted by Gasteiger charge is 2.28. The molecule has 0 saturated heterocycles. The zero-order valence-corrected chi connectivity index (χ0v) is 12.1. The molecule has 1 atom stereocenters. The average molecular weight is 334 g/mol. The van der Waals surface area contributed by atoms with Gasteiger partial charge in [0.2, 0.25) is 5.78 Å². The molecule has 1 unspecified atom stereocenters. The Kier molecular flexibility index (Phi) is 3.36. The monoisotopic (exact) mass is 333 g/mol. The van der Waals surface area contributed by atoms with E-state index in [4.69, 9.17) is 15.2 Å². The zero-order chi connectivity index (χ0) is 14.1. The summed E-state index contributed by atoms with van der Waals surface area (Å²) in [6, 6.07) is 12.4. The number of halogens is 1. The summed E-state index contributed by atoms with van der Waals surface area (Å²) in [5.41, 5.74) is 6.85. The molecular weight excluding hydrogens is 322 g/mol. The fraction of sp³-hybridized carbons (Fsp3) is 0.133. The Balaban J connectivity index is 1.84. The number of rotatable bonds is 2. The summed E-state index contributed by atoms with van der Waals surface area (Å²) in [6.45, 7) is 0.206. The molecule has 0 bridgehead atoms. The summed E-state index contributed by atoms with van der Waals surface area (Å²) < 4.78 is 11.9. The highest BCUT2D eigenvalue weighted by Crippen LogP contribution is 2.32. The lowest BCUT2D eigenvalue weighted by molar-refractivity contribution is 0.0586. The average Bonchev–Trinajstić information content (AvgIpc) is 2.49. The third-order valence-electron chi connectivity index (χ3n) is 3.09. The summed E-state index contributed by atoms with van der Waals surface area (Å²) in [6.07, 6.45) is -0.638. The van der Waals surface area contributed by atoms with Crippen molar-refractivity contribution in [3.63, 3.8) is 0 Å². The predicted molar refractivity (Wildman–Crippen MR) is 79.2 cm³/mol. The second-order valence-electron chi connectivity index (χ2n) is 4.46. The lowest BCUT2D eigenvalue weighted by atomic mass is 10.1. The molecule has 0 fully saturated rings. The van der Waals surface area contributed by atoms with Crippen molar-refractivity contribution in [1.29, 1.82) is 0 Å². The second-order valence-corrected chi connectivity index (χ2v) is 5.32. The molecule has 4 nitrogen and oxygen atoms in total. The molecule has 2 N–H and O–H groups in total. The summed E-state index contributed by atoms with van der Waals surface area (Å²) in [4.78, 5) is 12.4. The van der Waals surface area contributed by atoms with Crippen molar-refractivity contribution < 1.29 is 14.3 Å². The quantitative estimate of drug-likeness (QED) is 0.677. The Hall–Kier alpha value is -2.01. The number of hydrogen-bond acceptors (Lipinski definition) is 4. The van der Waals surface area contributed by atoms with Crippen LogP contribution in [0, 0.1) is 0 Å². The van der Waals surface area contributed by atoms with Crippen molar-refractivity contribution >= 4 is 27.4 Å². The maximum absolute atomic E-state index is 12.4. The van der Waals surface area contributed by atoms with E-state index in [1.165, 1.54) is 0 Å². The second kappa shape index (κ2) is 5.17. The smallest absolute Gasteiger partial charge is 0.206 e. The largest absolute Gasteiger partial charge is 0.485 e. The summed E-state index contributed by atoms with van der Waals surface area (Å²) in [5.74, 6) is 1.13. The SMILES string of the molecule is Nc1ccc(C(=O)C2COc3ccccc3O2)cc1Br. The van der Waals surface area contributed by atoms with Crippen LogP contribution in [0.3, 0.4) is 0 Å². The van der Waals surface area contributed by atoms with E-state index in [2.05, 4.69) is 15.9 Å². The van der Waals surface area contributed by atoms with Gasteiger partial charge in [0.1, 0.15) is 6.61 Å². The minimum atomic E-state index is -0.638. The minimum Gasteiger partial charge on any atom is -0.485 e. The Bertz CT molecular complexity index is 672. The molecule has 3 rings (SSSR count). The molecule has 0 aliphatic carbocycles. The maximum Gasteiger partial charge on any atom is 0.206 e. The van der Waals surface area contributed by atoms with Crippen LogP contribution in [0.1, 0.15) is 10.4 Å². The highest BCUT2D eigenvalue weighted by atomic mass is 79.9. The highest BCUT2D eigenvalue weighted by molar-refractivity contribution is 9.10. The van der Waals surface area contributed by atoms with Crippen LogP contribution in [-0.4, -0.2) is 18.5 Å². The number of carbonyl (C=O) groups is 1. The number of hydrogen-bond donors (Lipinski definition) is 1. The Morgan fingerprint density at radius 2 is 1.95 bits per heavy atom. The third kappa shape index (κ3) is 2.36. The molecule has 0 radical (unpaired) electrons. The first-order chi connectivity index (χ1) is 9.65. The number of carbonyl (C=O) groups excluding carboxylic acids is 1. The van der Waals surface area contributed by atoms with Gasteiger partial charge in [0, 0.05) is 15.7 Å². The van der Waals surface area contributed by atoms with Crippen molar-refractivity contribution in [2.45, 2.75) is 6.10 Å². The lowest BCUT2D eigenvalue weighted by Gasteiger charge is -2.25. The number of benzene rings is 2. The summed E-state index contributed by atoms with van der Waals surface area (Å²) in [7, 11) is 0. The molecule has 1 aliphatic rings. The van der Waals surface area contributed by atoms with Crippen LogP contribution in [0.4, 0.5) is 5.69 Å². The van der Waals surface area contributed by atoms with Crippen LogP contribution >= 0.6 is 15.9 Å². The molecule has 20 heavy (non-hydrogen) atoms. The van der Waals surface area contributed by atoms with Crippen molar-refractivity contribution in [3.05, 3.63) is 52.5 Å². The van der Waals surface area contributed by atoms with E-state index in [-0.39, 0.29) is 12.4 Å². The van der Waals surface area contributed by atoms with E-state index in [9.17, 15) is 4.79 Å². The summed E-state index contributed by atoms with van der Waals surface area (Å²) in [5, 5.41) is 0. The zero-order valence-electron chi connectivity index (χ0n) is 10.5. The van der Waals surface area contributed by atoms with E-state index in [0.29, 0.717) is 27.2 Å². The van der Waals surface area contributed by atoms with E-state index < -0.39 is 6.10 Å². The first-order valence-electron chi connectivity index (χ1n) is 6.13. The van der Waals surface area contributed by atoms with Crippen LogP contribution in [0.15, 0.2) is 46.9 Å². The third-order valence-corrected chi connectivity index (χ3v) is 3.77. The number of anilines is 1. The topological polar surface area (TPSA) is 61.6 Å². The van der Waals surface area contributed by atoms with Gasteiger partial charge in [-0.15, -0.1) is 0 Å². The van der Waals surface area contributed by atoms with Gasteiger partial charge in [-0.1, -0.05) is 12.1 Å². The van der Waals surface area contributed by atoms with E-state index >= 15 is 0 Å². The molecule has 0 saturated carbocycles. The lowest BCUT2D eigenvalue weighted by Crippen LogP contribution is -2.36. The molecule has 1 aliphatic heterocycles. The number of Topliss-reactive ketones (excluding diaryl/α,β-unsaturated/α-hetero) is 1. The predicted octanol–water partition coefficient (Wildman–Crippen LogP) is 3.05. The van der Waals surface area contributed by atoms with Gasteiger partial charge in [-0.25, -0.2) is 0 Å². The molecule has 1 heterocycles. The maximum atomic E-state index is 12.4. The molecule has 0 aromatic heterocycles. The molecule has 0 spiro atoms. The molecule has 5 heteroatoms. The number of nitrogens with two attached hydrogens (primary N) is 1.